The lowest BCUT2D eigenvalue weighted by Crippen LogP contribution is -2.47. The maximum Gasteiger partial charge on any atom is 0.134 e. The van der Waals surface area contributed by atoms with Crippen molar-refractivity contribution in [1.82, 2.24) is 9.80 Å². The van der Waals surface area contributed by atoms with Crippen LogP contribution in [0.4, 0.5) is 0 Å². The summed E-state index contributed by atoms with van der Waals surface area (Å²) in [5.74, 6) is 1.84. The summed E-state index contributed by atoms with van der Waals surface area (Å²) in [5.41, 5.74) is 2.33. The molecule has 126 valence electrons. The van der Waals surface area contributed by atoms with Crippen LogP contribution in [0.25, 0.3) is 0 Å². The van der Waals surface area contributed by atoms with Gasteiger partial charge in [-0.15, -0.1) is 0 Å². The Balaban J connectivity index is 1.79. The molecule has 0 bridgehead atoms. The first-order valence-electron chi connectivity index (χ1n) is 8.61. The van der Waals surface area contributed by atoms with Crippen molar-refractivity contribution < 1.29 is 4.74 Å². The smallest absolute Gasteiger partial charge is 0.134 e. The van der Waals surface area contributed by atoms with Gasteiger partial charge in [-0.3, -0.25) is 4.90 Å². The second-order valence-electron chi connectivity index (χ2n) is 6.95. The molecule has 0 aliphatic carbocycles. The second-order valence-corrected chi connectivity index (χ2v) is 7.36. The van der Waals surface area contributed by atoms with E-state index < -0.39 is 0 Å². The number of hydrogen-bond donors (Lipinski definition) is 0. The zero-order chi connectivity index (χ0) is 16.7. The van der Waals surface area contributed by atoms with E-state index in [0.717, 1.165) is 35.2 Å². The van der Waals surface area contributed by atoms with Gasteiger partial charge in [-0.2, -0.15) is 0 Å². The normalized spacial score (nSPS) is 23.5. The summed E-state index contributed by atoms with van der Waals surface area (Å²) in [6, 6.07) is 15.1. The number of piperidine rings is 1. The van der Waals surface area contributed by atoms with Crippen molar-refractivity contribution in [1.29, 1.82) is 0 Å². The largest absolute Gasteiger partial charge is 0.457 e. The van der Waals surface area contributed by atoms with Gasteiger partial charge in [0, 0.05) is 28.7 Å². The summed E-state index contributed by atoms with van der Waals surface area (Å²) in [4.78, 5) is 4.91. The summed E-state index contributed by atoms with van der Waals surface area (Å²) in [6.07, 6.45) is 2.46. The number of ether oxygens (including phenoxy) is 1. The van der Waals surface area contributed by atoms with Crippen molar-refractivity contribution >= 4 is 11.6 Å². The van der Waals surface area contributed by atoms with Gasteiger partial charge in [-0.1, -0.05) is 35.9 Å². The van der Waals surface area contributed by atoms with Gasteiger partial charge in [0.1, 0.15) is 11.5 Å². The molecule has 0 amide bonds. The molecular formula is C20H23ClN2O. The van der Waals surface area contributed by atoms with Gasteiger partial charge in [-0.05, 0) is 51.7 Å². The van der Waals surface area contributed by atoms with Crippen molar-refractivity contribution in [3.8, 4) is 11.5 Å². The fraction of sp³-hybridized carbons (Fsp3) is 0.400. The fourth-order valence-corrected chi connectivity index (χ4v) is 4.23. The molecule has 2 atom stereocenters. The summed E-state index contributed by atoms with van der Waals surface area (Å²) >= 11 is 6.60. The molecule has 24 heavy (non-hydrogen) atoms. The molecule has 4 heteroatoms. The van der Waals surface area contributed by atoms with E-state index in [2.05, 4.69) is 42.1 Å². The van der Waals surface area contributed by atoms with Crippen molar-refractivity contribution in [2.24, 2.45) is 0 Å². The second kappa shape index (κ2) is 6.40. The predicted octanol–water partition coefficient (Wildman–Crippen LogP) is 4.56. The quantitative estimate of drug-likeness (QED) is 0.795. The molecule has 1 saturated heterocycles. The Morgan fingerprint density at radius 3 is 2.71 bits per heavy atom. The Kier molecular flexibility index (Phi) is 4.25. The lowest BCUT2D eigenvalue weighted by molar-refractivity contribution is 0.106. The van der Waals surface area contributed by atoms with Crippen molar-refractivity contribution in [3.05, 3.63) is 58.6 Å². The molecule has 0 N–H and O–H groups in total. The Morgan fingerprint density at radius 1 is 1.08 bits per heavy atom. The van der Waals surface area contributed by atoms with Crippen molar-refractivity contribution in [2.45, 2.75) is 24.9 Å². The molecule has 2 aliphatic heterocycles. The Labute approximate surface area is 148 Å². The number of likely N-dealkylation sites (tertiary alicyclic amines) is 1. The van der Waals surface area contributed by atoms with E-state index in [0.29, 0.717) is 6.04 Å². The van der Waals surface area contributed by atoms with Crippen LogP contribution < -0.4 is 4.74 Å². The van der Waals surface area contributed by atoms with Crippen molar-refractivity contribution in [3.63, 3.8) is 0 Å². The lowest BCUT2D eigenvalue weighted by Gasteiger charge is -2.43. The Morgan fingerprint density at radius 2 is 1.88 bits per heavy atom. The summed E-state index contributed by atoms with van der Waals surface area (Å²) in [7, 11) is 4.35. The number of hydrogen-bond acceptors (Lipinski definition) is 3. The first-order chi connectivity index (χ1) is 11.6. The van der Waals surface area contributed by atoms with Gasteiger partial charge in [-0.25, -0.2) is 0 Å². The third kappa shape index (κ3) is 2.71. The van der Waals surface area contributed by atoms with Gasteiger partial charge in [0.05, 0.1) is 6.04 Å². The van der Waals surface area contributed by atoms with Crippen LogP contribution in [0, 0.1) is 0 Å². The molecule has 0 spiro atoms. The molecule has 0 aromatic heterocycles. The maximum absolute atomic E-state index is 6.60. The van der Waals surface area contributed by atoms with E-state index in [9.17, 15) is 0 Å². The number of benzene rings is 2. The molecular weight excluding hydrogens is 320 g/mol. The minimum atomic E-state index is 0.168. The zero-order valence-electron chi connectivity index (χ0n) is 14.2. The lowest BCUT2D eigenvalue weighted by atomic mass is 9.90. The molecule has 3 nitrogen and oxygen atoms in total. The molecule has 1 fully saturated rings. The zero-order valence-corrected chi connectivity index (χ0v) is 15.0. The number of rotatable bonds is 2. The SMILES string of the molecule is CN(C)C1CCCN(C2c3ccccc3Oc3cccc(Cl)c32)C1. The van der Waals surface area contributed by atoms with E-state index in [4.69, 9.17) is 16.3 Å². The summed E-state index contributed by atoms with van der Waals surface area (Å²) < 4.78 is 6.13. The number of halogens is 1. The number of fused-ring (bicyclic) bond motifs is 2. The van der Waals surface area contributed by atoms with Gasteiger partial charge < -0.3 is 9.64 Å². The number of para-hydroxylation sites is 1. The first kappa shape index (κ1) is 15.9. The summed E-state index contributed by atoms with van der Waals surface area (Å²) in [5, 5.41) is 0.791. The van der Waals surface area contributed by atoms with Crippen LogP contribution in [-0.2, 0) is 0 Å². The van der Waals surface area contributed by atoms with Gasteiger partial charge in [0.15, 0.2) is 0 Å². The molecule has 0 saturated carbocycles. The van der Waals surface area contributed by atoms with E-state index in [1.54, 1.807) is 0 Å². The Bertz CT molecular complexity index is 746. The minimum absolute atomic E-state index is 0.168. The van der Waals surface area contributed by atoms with Gasteiger partial charge in [0.25, 0.3) is 0 Å². The first-order valence-corrected chi connectivity index (χ1v) is 8.98. The summed E-state index contributed by atoms with van der Waals surface area (Å²) in [6.45, 7) is 2.14. The van der Waals surface area contributed by atoms with Gasteiger partial charge in [0.2, 0.25) is 0 Å². The third-order valence-corrected chi connectivity index (χ3v) is 5.57. The van der Waals surface area contributed by atoms with Crippen LogP contribution >= 0.6 is 11.6 Å². The van der Waals surface area contributed by atoms with Crippen LogP contribution in [0.15, 0.2) is 42.5 Å². The average molecular weight is 343 g/mol. The topological polar surface area (TPSA) is 15.7 Å². The van der Waals surface area contributed by atoms with Crippen LogP contribution in [0.1, 0.15) is 30.0 Å². The maximum atomic E-state index is 6.60. The monoisotopic (exact) mass is 342 g/mol. The highest BCUT2D eigenvalue weighted by Crippen LogP contribution is 2.48. The fourth-order valence-electron chi connectivity index (χ4n) is 3.96. The highest BCUT2D eigenvalue weighted by Gasteiger charge is 2.36. The Hall–Kier alpha value is -1.55. The van der Waals surface area contributed by atoms with E-state index in [1.807, 2.05) is 24.3 Å². The standard InChI is InChI=1S/C20H23ClN2O/c1-22(2)14-7-6-12-23(13-14)20-15-8-3-4-10-17(15)24-18-11-5-9-16(21)19(18)20/h3-5,8-11,14,20H,6-7,12-13H2,1-2H3. The molecule has 0 radical (unpaired) electrons. The highest BCUT2D eigenvalue weighted by molar-refractivity contribution is 6.31. The van der Waals surface area contributed by atoms with Crippen LogP contribution in [-0.4, -0.2) is 43.0 Å². The average Bonchev–Trinajstić information content (AvgIpc) is 2.60. The molecule has 2 aliphatic rings. The van der Waals surface area contributed by atoms with Crippen LogP contribution in [0.3, 0.4) is 0 Å². The molecule has 2 aromatic rings. The van der Waals surface area contributed by atoms with E-state index in [1.165, 1.54) is 18.4 Å². The molecule has 4 rings (SSSR count). The number of nitrogens with zero attached hydrogens (tertiary/aromatic N) is 2. The molecule has 2 unspecified atom stereocenters. The van der Waals surface area contributed by atoms with Crippen LogP contribution in [0.5, 0.6) is 11.5 Å². The van der Waals surface area contributed by atoms with Crippen LogP contribution in [0.2, 0.25) is 5.02 Å². The third-order valence-electron chi connectivity index (χ3n) is 5.24. The van der Waals surface area contributed by atoms with Crippen molar-refractivity contribution in [2.75, 3.05) is 27.2 Å². The van der Waals surface area contributed by atoms with E-state index >= 15 is 0 Å². The molecule has 2 aromatic carbocycles. The number of likely N-dealkylation sites (N-methyl/N-ethyl adjacent to an activating group) is 1. The highest BCUT2D eigenvalue weighted by atomic mass is 35.5. The molecule has 2 heterocycles. The van der Waals surface area contributed by atoms with E-state index in [-0.39, 0.29) is 6.04 Å². The van der Waals surface area contributed by atoms with Gasteiger partial charge >= 0.3 is 0 Å². The predicted molar refractivity (Wildman–Crippen MR) is 98.1 cm³/mol. The minimum Gasteiger partial charge on any atom is -0.457 e.